The molecular formula is C12H20N4O. The summed E-state index contributed by atoms with van der Waals surface area (Å²) in [6.07, 6.45) is 4.55. The van der Waals surface area contributed by atoms with Crippen LogP contribution in [0.4, 0.5) is 5.82 Å². The first-order chi connectivity index (χ1) is 8.31. The van der Waals surface area contributed by atoms with Gasteiger partial charge >= 0.3 is 0 Å². The molecule has 1 aliphatic rings. The van der Waals surface area contributed by atoms with Gasteiger partial charge in [-0.05, 0) is 24.5 Å². The smallest absolute Gasteiger partial charge is 0.139 e. The van der Waals surface area contributed by atoms with E-state index in [1.54, 1.807) is 7.11 Å². The van der Waals surface area contributed by atoms with Crippen LogP contribution in [0.15, 0.2) is 18.3 Å². The van der Waals surface area contributed by atoms with Gasteiger partial charge in [-0.3, -0.25) is 4.90 Å². The van der Waals surface area contributed by atoms with Gasteiger partial charge in [0.2, 0.25) is 0 Å². The number of nitrogens with two attached hydrogens (primary N) is 1. The van der Waals surface area contributed by atoms with E-state index >= 15 is 0 Å². The van der Waals surface area contributed by atoms with E-state index in [9.17, 15) is 0 Å². The Morgan fingerprint density at radius 2 is 2.24 bits per heavy atom. The number of pyridine rings is 1. The van der Waals surface area contributed by atoms with Crippen LogP contribution >= 0.6 is 0 Å². The SMILES string of the molecule is COC1CCN(Cc2ccc(NN)nc2)CC1. The molecule has 0 bridgehead atoms. The minimum absolute atomic E-state index is 0.438. The largest absolute Gasteiger partial charge is 0.381 e. The van der Waals surface area contributed by atoms with Gasteiger partial charge in [-0.1, -0.05) is 6.07 Å². The monoisotopic (exact) mass is 236 g/mol. The van der Waals surface area contributed by atoms with Crippen molar-refractivity contribution in [2.75, 3.05) is 25.6 Å². The van der Waals surface area contributed by atoms with Crippen LogP contribution in [0.2, 0.25) is 0 Å². The molecule has 0 spiro atoms. The van der Waals surface area contributed by atoms with Crippen molar-refractivity contribution in [1.29, 1.82) is 0 Å². The van der Waals surface area contributed by atoms with E-state index in [0.717, 1.165) is 32.5 Å². The second-order valence-electron chi connectivity index (χ2n) is 4.41. The van der Waals surface area contributed by atoms with E-state index in [4.69, 9.17) is 10.6 Å². The molecule has 0 aliphatic carbocycles. The van der Waals surface area contributed by atoms with Crippen molar-refractivity contribution in [3.05, 3.63) is 23.9 Å². The van der Waals surface area contributed by atoms with Crippen molar-refractivity contribution in [2.45, 2.75) is 25.5 Å². The Morgan fingerprint density at radius 1 is 1.47 bits per heavy atom. The lowest BCUT2D eigenvalue weighted by Gasteiger charge is -2.31. The van der Waals surface area contributed by atoms with Crippen LogP contribution < -0.4 is 11.3 Å². The number of nitrogens with zero attached hydrogens (tertiary/aromatic N) is 2. The van der Waals surface area contributed by atoms with Gasteiger partial charge in [0.15, 0.2) is 0 Å². The number of ether oxygens (including phenoxy) is 1. The number of piperidine rings is 1. The Kier molecular flexibility index (Phi) is 4.30. The molecule has 94 valence electrons. The van der Waals surface area contributed by atoms with Gasteiger partial charge in [-0.2, -0.15) is 0 Å². The number of likely N-dealkylation sites (tertiary alicyclic amines) is 1. The topological polar surface area (TPSA) is 63.4 Å². The van der Waals surface area contributed by atoms with Crippen molar-refractivity contribution in [2.24, 2.45) is 5.84 Å². The third-order valence-electron chi connectivity index (χ3n) is 3.25. The lowest BCUT2D eigenvalue weighted by Crippen LogP contribution is -2.36. The van der Waals surface area contributed by atoms with Gasteiger partial charge in [-0.15, -0.1) is 0 Å². The average molecular weight is 236 g/mol. The number of anilines is 1. The summed E-state index contributed by atoms with van der Waals surface area (Å²) in [5, 5.41) is 0. The van der Waals surface area contributed by atoms with Crippen LogP contribution in [0, 0.1) is 0 Å². The number of nitrogens with one attached hydrogen (secondary N) is 1. The second-order valence-corrected chi connectivity index (χ2v) is 4.41. The number of methoxy groups -OCH3 is 1. The number of hydrogen-bond acceptors (Lipinski definition) is 5. The number of aromatic nitrogens is 1. The minimum Gasteiger partial charge on any atom is -0.381 e. The maximum atomic E-state index is 5.36. The first-order valence-electron chi connectivity index (χ1n) is 5.98. The van der Waals surface area contributed by atoms with E-state index < -0.39 is 0 Å². The summed E-state index contributed by atoms with van der Waals surface area (Å²) in [5.41, 5.74) is 3.75. The molecule has 1 aliphatic heterocycles. The zero-order chi connectivity index (χ0) is 12.1. The Morgan fingerprint density at radius 3 is 2.76 bits per heavy atom. The standard InChI is InChI=1S/C12H20N4O/c1-17-11-4-6-16(7-5-11)9-10-2-3-12(15-13)14-8-10/h2-3,8,11H,4-7,9,13H2,1H3,(H,14,15). The molecule has 1 fully saturated rings. The van der Waals surface area contributed by atoms with Crippen LogP contribution in [-0.4, -0.2) is 36.2 Å². The van der Waals surface area contributed by atoms with Gasteiger partial charge in [0, 0.05) is 32.9 Å². The quantitative estimate of drug-likeness (QED) is 0.602. The highest BCUT2D eigenvalue weighted by atomic mass is 16.5. The number of rotatable bonds is 4. The van der Waals surface area contributed by atoms with E-state index in [-0.39, 0.29) is 0 Å². The molecule has 5 heteroatoms. The molecule has 0 radical (unpaired) electrons. The van der Waals surface area contributed by atoms with Crippen LogP contribution in [0.5, 0.6) is 0 Å². The van der Waals surface area contributed by atoms with Crippen LogP contribution in [0.3, 0.4) is 0 Å². The normalized spacial score (nSPS) is 18.2. The van der Waals surface area contributed by atoms with Gasteiger partial charge in [0.25, 0.3) is 0 Å². The predicted molar refractivity (Wildman–Crippen MR) is 67.4 cm³/mol. The van der Waals surface area contributed by atoms with Gasteiger partial charge < -0.3 is 10.2 Å². The molecular weight excluding hydrogens is 216 g/mol. The lowest BCUT2D eigenvalue weighted by molar-refractivity contribution is 0.0388. The van der Waals surface area contributed by atoms with Crippen LogP contribution in [0.25, 0.3) is 0 Å². The van der Waals surface area contributed by atoms with Crippen LogP contribution in [0.1, 0.15) is 18.4 Å². The van der Waals surface area contributed by atoms with Gasteiger partial charge in [0.05, 0.1) is 6.10 Å². The maximum Gasteiger partial charge on any atom is 0.139 e. The highest BCUT2D eigenvalue weighted by Gasteiger charge is 2.18. The molecule has 1 aromatic heterocycles. The summed E-state index contributed by atoms with van der Waals surface area (Å²) in [5.74, 6) is 5.98. The lowest BCUT2D eigenvalue weighted by atomic mass is 10.1. The van der Waals surface area contributed by atoms with E-state index in [0.29, 0.717) is 11.9 Å². The highest BCUT2D eigenvalue weighted by Crippen LogP contribution is 2.15. The van der Waals surface area contributed by atoms with Crippen LogP contribution in [-0.2, 0) is 11.3 Å². The molecule has 3 N–H and O–H groups in total. The first kappa shape index (κ1) is 12.3. The van der Waals surface area contributed by atoms with Gasteiger partial charge in [-0.25, -0.2) is 10.8 Å². The van der Waals surface area contributed by atoms with Crippen molar-refractivity contribution >= 4 is 5.82 Å². The molecule has 5 nitrogen and oxygen atoms in total. The Hall–Kier alpha value is -1.17. The zero-order valence-electron chi connectivity index (χ0n) is 10.2. The third-order valence-corrected chi connectivity index (χ3v) is 3.25. The van der Waals surface area contributed by atoms with E-state index in [2.05, 4.69) is 21.4 Å². The fourth-order valence-corrected chi connectivity index (χ4v) is 2.16. The highest BCUT2D eigenvalue weighted by molar-refractivity contribution is 5.33. The summed E-state index contributed by atoms with van der Waals surface area (Å²) < 4.78 is 5.36. The minimum atomic E-state index is 0.438. The molecule has 0 amide bonds. The van der Waals surface area contributed by atoms with Crippen molar-refractivity contribution in [3.63, 3.8) is 0 Å². The first-order valence-corrected chi connectivity index (χ1v) is 5.98. The predicted octanol–water partition coefficient (Wildman–Crippen LogP) is 0.978. The molecule has 0 unspecified atom stereocenters. The summed E-state index contributed by atoms with van der Waals surface area (Å²) >= 11 is 0. The summed E-state index contributed by atoms with van der Waals surface area (Å²) in [7, 11) is 1.79. The molecule has 17 heavy (non-hydrogen) atoms. The average Bonchev–Trinajstić information content (AvgIpc) is 2.40. The number of hydrogen-bond donors (Lipinski definition) is 2. The summed E-state index contributed by atoms with van der Waals surface area (Å²) in [6, 6.07) is 3.96. The fourth-order valence-electron chi connectivity index (χ4n) is 2.16. The van der Waals surface area contributed by atoms with Crippen molar-refractivity contribution in [1.82, 2.24) is 9.88 Å². The molecule has 0 saturated carbocycles. The molecule has 1 saturated heterocycles. The summed E-state index contributed by atoms with van der Waals surface area (Å²) in [4.78, 5) is 6.64. The second kappa shape index (κ2) is 5.95. The van der Waals surface area contributed by atoms with E-state index in [1.807, 2.05) is 12.3 Å². The molecule has 0 aromatic carbocycles. The zero-order valence-corrected chi connectivity index (χ0v) is 10.2. The Labute approximate surface area is 102 Å². The van der Waals surface area contributed by atoms with Crippen molar-refractivity contribution < 1.29 is 4.74 Å². The molecule has 1 aromatic rings. The number of nitrogen functional groups attached to an aromatic ring is 1. The van der Waals surface area contributed by atoms with Gasteiger partial charge in [0.1, 0.15) is 5.82 Å². The Balaban J connectivity index is 1.84. The third kappa shape index (κ3) is 3.39. The number of hydrazine groups is 1. The fraction of sp³-hybridized carbons (Fsp3) is 0.583. The molecule has 0 atom stereocenters. The van der Waals surface area contributed by atoms with E-state index in [1.165, 1.54) is 5.56 Å². The summed E-state index contributed by atoms with van der Waals surface area (Å²) in [6.45, 7) is 3.14. The maximum absolute atomic E-state index is 5.36. The Bertz CT molecular complexity index is 333. The van der Waals surface area contributed by atoms with Crippen molar-refractivity contribution in [3.8, 4) is 0 Å². The molecule has 2 heterocycles. The molecule has 2 rings (SSSR count).